The maximum Gasteiger partial charge on any atom is 0.373 e. The highest BCUT2D eigenvalue weighted by Gasteiger charge is 2.22. The Labute approximate surface area is 114 Å². The van der Waals surface area contributed by atoms with Crippen molar-refractivity contribution in [3.8, 4) is 0 Å². The summed E-state index contributed by atoms with van der Waals surface area (Å²) in [6.07, 6.45) is 7.75. The van der Waals surface area contributed by atoms with Gasteiger partial charge in [0.15, 0.2) is 5.89 Å². The van der Waals surface area contributed by atoms with Gasteiger partial charge in [-0.2, -0.15) is 0 Å². The van der Waals surface area contributed by atoms with Crippen molar-refractivity contribution in [1.29, 1.82) is 0 Å². The first-order valence-electron chi connectivity index (χ1n) is 7.28. The Balaban J connectivity index is 2.10. The van der Waals surface area contributed by atoms with Crippen LogP contribution in [0.4, 0.5) is 0 Å². The number of oxazole rings is 1. The number of rotatable bonds is 5. The summed E-state index contributed by atoms with van der Waals surface area (Å²) in [6, 6.07) is 0. The van der Waals surface area contributed by atoms with Crippen molar-refractivity contribution in [2.24, 2.45) is 11.8 Å². The summed E-state index contributed by atoms with van der Waals surface area (Å²) >= 11 is 0. The Hall–Kier alpha value is -1.32. The average molecular weight is 265 g/mol. The van der Waals surface area contributed by atoms with E-state index in [0.29, 0.717) is 29.8 Å². The van der Waals surface area contributed by atoms with E-state index in [1.54, 1.807) is 0 Å². The van der Waals surface area contributed by atoms with Crippen LogP contribution in [0.1, 0.15) is 68.1 Å². The number of carboxylic acid groups (broad SMARTS) is 1. The summed E-state index contributed by atoms with van der Waals surface area (Å²) in [5, 5.41) is 9.16. The lowest BCUT2D eigenvalue weighted by molar-refractivity contribution is 0.0658. The fourth-order valence-corrected chi connectivity index (χ4v) is 2.82. The largest absolute Gasteiger partial charge is 0.475 e. The highest BCUT2D eigenvalue weighted by molar-refractivity contribution is 5.85. The molecule has 1 fully saturated rings. The quantitative estimate of drug-likeness (QED) is 0.881. The fourth-order valence-electron chi connectivity index (χ4n) is 2.82. The molecule has 1 saturated carbocycles. The van der Waals surface area contributed by atoms with Crippen molar-refractivity contribution < 1.29 is 14.3 Å². The number of carbonyl (C=O) groups is 1. The molecule has 0 spiro atoms. The molecule has 19 heavy (non-hydrogen) atoms. The van der Waals surface area contributed by atoms with Gasteiger partial charge in [0.25, 0.3) is 0 Å². The van der Waals surface area contributed by atoms with E-state index in [2.05, 4.69) is 18.8 Å². The van der Waals surface area contributed by atoms with Crippen molar-refractivity contribution >= 4 is 5.97 Å². The molecule has 0 amide bonds. The zero-order valence-electron chi connectivity index (χ0n) is 11.8. The molecule has 0 bridgehead atoms. The molecule has 1 heterocycles. The van der Waals surface area contributed by atoms with E-state index >= 15 is 0 Å². The molecule has 1 aromatic heterocycles. The van der Waals surface area contributed by atoms with Gasteiger partial charge in [-0.25, -0.2) is 9.78 Å². The third kappa shape index (κ3) is 3.82. The predicted molar refractivity (Wildman–Crippen MR) is 72.3 cm³/mol. The standard InChI is InChI=1S/C15H23NO3/c1-10(2)8-12-14(15(17)18)19-13(16-12)9-11-6-4-3-5-7-11/h10-11H,3-9H2,1-2H3,(H,17,18). The predicted octanol–water partition coefficient (Wildman–Crippen LogP) is 3.69. The van der Waals surface area contributed by atoms with E-state index in [-0.39, 0.29) is 5.76 Å². The van der Waals surface area contributed by atoms with Gasteiger partial charge in [-0.3, -0.25) is 0 Å². The lowest BCUT2D eigenvalue weighted by Gasteiger charge is -2.19. The lowest BCUT2D eigenvalue weighted by Crippen LogP contribution is -2.09. The average Bonchev–Trinajstić information content (AvgIpc) is 2.72. The SMILES string of the molecule is CC(C)Cc1nc(CC2CCCCC2)oc1C(=O)O. The molecule has 1 aromatic rings. The Kier molecular flexibility index (Phi) is 4.61. The van der Waals surface area contributed by atoms with Crippen LogP contribution in [0.2, 0.25) is 0 Å². The molecular weight excluding hydrogens is 242 g/mol. The second kappa shape index (κ2) is 6.22. The number of carboxylic acids is 1. The molecule has 0 aliphatic heterocycles. The molecule has 1 N–H and O–H groups in total. The van der Waals surface area contributed by atoms with E-state index in [0.717, 1.165) is 6.42 Å². The van der Waals surface area contributed by atoms with Crippen molar-refractivity contribution in [2.75, 3.05) is 0 Å². The van der Waals surface area contributed by atoms with Crippen LogP contribution in [0, 0.1) is 11.8 Å². The molecule has 1 aliphatic carbocycles. The Morgan fingerprint density at radius 2 is 2.05 bits per heavy atom. The molecular formula is C15H23NO3. The van der Waals surface area contributed by atoms with E-state index in [1.165, 1.54) is 32.1 Å². The number of hydrogen-bond donors (Lipinski definition) is 1. The molecule has 0 aromatic carbocycles. The van der Waals surface area contributed by atoms with E-state index in [1.807, 2.05) is 0 Å². The summed E-state index contributed by atoms with van der Waals surface area (Å²) in [5.74, 6) is 0.643. The minimum atomic E-state index is -1.00. The second-order valence-corrected chi connectivity index (χ2v) is 5.99. The summed E-state index contributed by atoms with van der Waals surface area (Å²) in [7, 11) is 0. The lowest BCUT2D eigenvalue weighted by atomic mass is 9.87. The number of aromatic carboxylic acids is 1. The normalized spacial score (nSPS) is 17.0. The van der Waals surface area contributed by atoms with Gasteiger partial charge in [0.2, 0.25) is 5.76 Å². The van der Waals surface area contributed by atoms with E-state index in [4.69, 9.17) is 9.52 Å². The van der Waals surface area contributed by atoms with Crippen molar-refractivity contribution in [3.63, 3.8) is 0 Å². The summed E-state index contributed by atoms with van der Waals surface area (Å²) in [6.45, 7) is 4.11. The monoisotopic (exact) mass is 265 g/mol. The minimum absolute atomic E-state index is 0.0412. The molecule has 4 nitrogen and oxygen atoms in total. The first kappa shape index (κ1) is 14.1. The van der Waals surface area contributed by atoms with E-state index < -0.39 is 5.97 Å². The van der Waals surface area contributed by atoms with Crippen LogP contribution in [0.25, 0.3) is 0 Å². The summed E-state index contributed by atoms with van der Waals surface area (Å²) in [5.41, 5.74) is 0.605. The maximum atomic E-state index is 11.2. The van der Waals surface area contributed by atoms with Gasteiger partial charge in [0.1, 0.15) is 0 Å². The zero-order valence-corrected chi connectivity index (χ0v) is 11.8. The highest BCUT2D eigenvalue weighted by atomic mass is 16.4. The van der Waals surface area contributed by atoms with Crippen LogP contribution in [0.3, 0.4) is 0 Å². The molecule has 0 atom stereocenters. The third-order valence-electron chi connectivity index (χ3n) is 3.73. The molecule has 1 aliphatic rings. The Bertz CT molecular complexity index is 431. The van der Waals surface area contributed by atoms with Crippen LogP contribution in [0.5, 0.6) is 0 Å². The van der Waals surface area contributed by atoms with Crippen LogP contribution < -0.4 is 0 Å². The fraction of sp³-hybridized carbons (Fsp3) is 0.733. The molecule has 106 valence electrons. The Morgan fingerprint density at radius 1 is 1.37 bits per heavy atom. The zero-order chi connectivity index (χ0) is 13.8. The maximum absolute atomic E-state index is 11.2. The molecule has 0 radical (unpaired) electrons. The minimum Gasteiger partial charge on any atom is -0.475 e. The highest BCUT2D eigenvalue weighted by Crippen LogP contribution is 2.27. The third-order valence-corrected chi connectivity index (χ3v) is 3.73. The van der Waals surface area contributed by atoms with Crippen LogP contribution in [0.15, 0.2) is 4.42 Å². The molecule has 4 heteroatoms. The second-order valence-electron chi connectivity index (χ2n) is 5.99. The topological polar surface area (TPSA) is 63.3 Å². The smallest absolute Gasteiger partial charge is 0.373 e. The number of nitrogens with zero attached hydrogens (tertiary/aromatic N) is 1. The van der Waals surface area contributed by atoms with Crippen molar-refractivity contribution in [3.05, 3.63) is 17.3 Å². The molecule has 0 saturated heterocycles. The van der Waals surface area contributed by atoms with Gasteiger partial charge in [-0.15, -0.1) is 0 Å². The molecule has 2 rings (SSSR count). The van der Waals surface area contributed by atoms with Gasteiger partial charge < -0.3 is 9.52 Å². The Morgan fingerprint density at radius 3 is 2.63 bits per heavy atom. The van der Waals surface area contributed by atoms with Gasteiger partial charge in [-0.1, -0.05) is 33.1 Å². The van der Waals surface area contributed by atoms with Crippen molar-refractivity contribution in [1.82, 2.24) is 4.98 Å². The van der Waals surface area contributed by atoms with Gasteiger partial charge in [0.05, 0.1) is 5.69 Å². The van der Waals surface area contributed by atoms with Gasteiger partial charge >= 0.3 is 5.97 Å². The number of hydrogen-bond acceptors (Lipinski definition) is 3. The number of aromatic nitrogens is 1. The summed E-state index contributed by atoms with van der Waals surface area (Å²) < 4.78 is 5.47. The van der Waals surface area contributed by atoms with Crippen LogP contribution in [-0.2, 0) is 12.8 Å². The van der Waals surface area contributed by atoms with E-state index in [9.17, 15) is 4.79 Å². The van der Waals surface area contributed by atoms with Crippen LogP contribution in [-0.4, -0.2) is 16.1 Å². The molecule has 0 unspecified atom stereocenters. The van der Waals surface area contributed by atoms with Crippen LogP contribution >= 0.6 is 0 Å². The first-order valence-corrected chi connectivity index (χ1v) is 7.28. The first-order chi connectivity index (χ1) is 9.06. The van der Waals surface area contributed by atoms with Gasteiger partial charge in [-0.05, 0) is 31.1 Å². The van der Waals surface area contributed by atoms with Gasteiger partial charge in [0, 0.05) is 6.42 Å². The van der Waals surface area contributed by atoms with Crippen molar-refractivity contribution in [2.45, 2.75) is 58.8 Å². The summed E-state index contributed by atoms with van der Waals surface area (Å²) in [4.78, 5) is 15.6.